The average Bonchev–Trinajstić information content (AvgIpc) is 3.45. The summed E-state index contributed by atoms with van der Waals surface area (Å²) in [6.07, 6.45) is 0.572. The van der Waals surface area contributed by atoms with Gasteiger partial charge in [-0.1, -0.05) is 23.8 Å². The van der Waals surface area contributed by atoms with Crippen LogP contribution in [-0.2, 0) is 11.2 Å². The quantitative estimate of drug-likeness (QED) is 0.343. The van der Waals surface area contributed by atoms with Crippen molar-refractivity contribution in [3.63, 3.8) is 0 Å². The second kappa shape index (κ2) is 9.44. The van der Waals surface area contributed by atoms with E-state index >= 15 is 0 Å². The first-order valence-corrected chi connectivity index (χ1v) is 10.7. The van der Waals surface area contributed by atoms with E-state index in [0.717, 1.165) is 22.4 Å². The number of amides is 1. The van der Waals surface area contributed by atoms with Crippen LogP contribution in [0.2, 0.25) is 0 Å². The number of nitrogens with zero attached hydrogens (tertiary/aromatic N) is 4. The van der Waals surface area contributed by atoms with Gasteiger partial charge in [-0.3, -0.25) is 4.79 Å². The van der Waals surface area contributed by atoms with E-state index in [1.807, 2.05) is 73.1 Å². The Morgan fingerprint density at radius 2 is 1.84 bits per heavy atom. The average molecular weight is 432 g/mol. The fourth-order valence-corrected chi connectivity index (χ4v) is 3.47. The molecule has 0 fully saturated rings. The van der Waals surface area contributed by atoms with Crippen LogP contribution in [0, 0.1) is 13.8 Å². The van der Waals surface area contributed by atoms with Crippen molar-refractivity contribution in [3.05, 3.63) is 76.3 Å². The molecule has 0 radical (unpaired) electrons. The van der Waals surface area contributed by atoms with Crippen LogP contribution < -0.4 is 5.32 Å². The standard InChI is InChI=1S/C23H21N5O2S/c1-15-3-6-18(7-4-15)25-26-20-13-16(2)5-8-19(20)24-21(29)9-10-22-27-28-23(30-22)17-11-12-31-14-17/h3-8,11-14H,9-10H2,1-2H3,(H,24,29). The molecule has 2 aromatic carbocycles. The normalized spacial score (nSPS) is 11.2. The Morgan fingerprint density at radius 1 is 1.03 bits per heavy atom. The second-order valence-electron chi connectivity index (χ2n) is 7.12. The van der Waals surface area contributed by atoms with Crippen molar-refractivity contribution in [2.45, 2.75) is 26.7 Å². The molecule has 4 aromatic rings. The summed E-state index contributed by atoms with van der Waals surface area (Å²) in [5.74, 6) is 0.736. The summed E-state index contributed by atoms with van der Waals surface area (Å²) in [6, 6.07) is 15.3. The summed E-state index contributed by atoms with van der Waals surface area (Å²) in [6.45, 7) is 3.99. The van der Waals surface area contributed by atoms with Crippen molar-refractivity contribution in [3.8, 4) is 11.5 Å². The molecule has 1 amide bonds. The van der Waals surface area contributed by atoms with Crippen LogP contribution in [0.1, 0.15) is 23.4 Å². The van der Waals surface area contributed by atoms with E-state index in [1.165, 1.54) is 0 Å². The first-order chi connectivity index (χ1) is 15.1. The predicted molar refractivity (Wildman–Crippen MR) is 121 cm³/mol. The number of aryl methyl sites for hydroxylation is 3. The lowest BCUT2D eigenvalue weighted by atomic mass is 10.2. The van der Waals surface area contributed by atoms with Gasteiger partial charge in [-0.05, 0) is 55.1 Å². The molecule has 1 N–H and O–H groups in total. The highest BCUT2D eigenvalue weighted by atomic mass is 32.1. The van der Waals surface area contributed by atoms with E-state index in [9.17, 15) is 4.79 Å². The van der Waals surface area contributed by atoms with Crippen molar-refractivity contribution >= 4 is 34.3 Å². The minimum absolute atomic E-state index is 0.161. The van der Waals surface area contributed by atoms with Crippen LogP contribution in [0.3, 0.4) is 0 Å². The first kappa shape index (κ1) is 20.6. The van der Waals surface area contributed by atoms with E-state index in [0.29, 0.717) is 29.6 Å². The Balaban J connectivity index is 1.40. The molecule has 156 valence electrons. The lowest BCUT2D eigenvalue weighted by molar-refractivity contribution is -0.116. The predicted octanol–water partition coefficient (Wildman–Crippen LogP) is 6.40. The maximum Gasteiger partial charge on any atom is 0.248 e. The highest BCUT2D eigenvalue weighted by Crippen LogP contribution is 2.28. The molecular formula is C23H21N5O2S. The molecule has 0 atom stereocenters. The molecule has 0 aliphatic heterocycles. The molecule has 0 aliphatic carbocycles. The minimum Gasteiger partial charge on any atom is -0.421 e. The zero-order valence-electron chi connectivity index (χ0n) is 17.2. The maximum absolute atomic E-state index is 12.5. The molecule has 2 heterocycles. The summed E-state index contributed by atoms with van der Waals surface area (Å²) in [4.78, 5) is 12.5. The number of azo groups is 1. The fraction of sp³-hybridized carbons (Fsp3) is 0.174. The van der Waals surface area contributed by atoms with Crippen molar-refractivity contribution in [2.75, 3.05) is 5.32 Å². The van der Waals surface area contributed by atoms with Gasteiger partial charge in [0.2, 0.25) is 17.7 Å². The van der Waals surface area contributed by atoms with Crippen LogP contribution >= 0.6 is 11.3 Å². The number of hydrogen-bond donors (Lipinski definition) is 1. The van der Waals surface area contributed by atoms with Crippen LogP contribution in [-0.4, -0.2) is 16.1 Å². The van der Waals surface area contributed by atoms with Gasteiger partial charge in [-0.2, -0.15) is 16.5 Å². The van der Waals surface area contributed by atoms with E-state index in [4.69, 9.17) is 4.42 Å². The molecule has 0 unspecified atom stereocenters. The van der Waals surface area contributed by atoms with Crippen molar-refractivity contribution in [1.82, 2.24) is 10.2 Å². The number of hydrogen-bond acceptors (Lipinski definition) is 7. The molecule has 2 aromatic heterocycles. The largest absolute Gasteiger partial charge is 0.421 e. The van der Waals surface area contributed by atoms with Gasteiger partial charge >= 0.3 is 0 Å². The third kappa shape index (κ3) is 5.49. The lowest BCUT2D eigenvalue weighted by Crippen LogP contribution is -2.12. The third-order valence-electron chi connectivity index (χ3n) is 4.54. The number of thiophene rings is 1. The molecule has 0 spiro atoms. The van der Waals surface area contributed by atoms with Crippen LogP contribution in [0.25, 0.3) is 11.5 Å². The van der Waals surface area contributed by atoms with Crippen LogP contribution in [0.5, 0.6) is 0 Å². The Bertz CT molecular complexity index is 1200. The van der Waals surface area contributed by atoms with Gasteiger partial charge in [0.25, 0.3) is 0 Å². The van der Waals surface area contributed by atoms with Gasteiger partial charge in [0.1, 0.15) is 5.69 Å². The highest BCUT2D eigenvalue weighted by molar-refractivity contribution is 7.08. The van der Waals surface area contributed by atoms with E-state index in [-0.39, 0.29) is 12.3 Å². The molecule has 7 nitrogen and oxygen atoms in total. The van der Waals surface area contributed by atoms with Gasteiger partial charge in [-0.25, -0.2) is 0 Å². The molecule has 0 bridgehead atoms. The van der Waals surface area contributed by atoms with Gasteiger partial charge in [0.15, 0.2) is 0 Å². The summed E-state index contributed by atoms with van der Waals surface area (Å²) in [7, 11) is 0. The molecular weight excluding hydrogens is 410 g/mol. The number of nitrogens with one attached hydrogen (secondary N) is 1. The van der Waals surface area contributed by atoms with Crippen molar-refractivity contribution in [1.29, 1.82) is 0 Å². The topological polar surface area (TPSA) is 92.7 Å². The highest BCUT2D eigenvalue weighted by Gasteiger charge is 2.12. The van der Waals surface area contributed by atoms with E-state index < -0.39 is 0 Å². The number of carbonyl (C=O) groups is 1. The smallest absolute Gasteiger partial charge is 0.248 e. The van der Waals surface area contributed by atoms with Gasteiger partial charge in [-0.15, -0.1) is 15.3 Å². The molecule has 0 saturated heterocycles. The number of anilines is 1. The van der Waals surface area contributed by atoms with E-state index in [1.54, 1.807) is 11.3 Å². The van der Waals surface area contributed by atoms with Gasteiger partial charge in [0, 0.05) is 23.8 Å². The minimum atomic E-state index is -0.161. The maximum atomic E-state index is 12.5. The summed E-state index contributed by atoms with van der Waals surface area (Å²) < 4.78 is 5.63. The third-order valence-corrected chi connectivity index (χ3v) is 5.22. The Hall–Kier alpha value is -3.65. The molecule has 0 aliphatic rings. The summed E-state index contributed by atoms with van der Waals surface area (Å²) in [5.41, 5.74) is 5.04. The lowest BCUT2D eigenvalue weighted by Gasteiger charge is -2.08. The molecule has 8 heteroatoms. The van der Waals surface area contributed by atoms with Gasteiger partial charge < -0.3 is 9.73 Å². The summed E-state index contributed by atoms with van der Waals surface area (Å²) in [5, 5.41) is 23.5. The Kier molecular flexibility index (Phi) is 6.28. The first-order valence-electron chi connectivity index (χ1n) is 9.81. The monoisotopic (exact) mass is 431 g/mol. The van der Waals surface area contributed by atoms with Crippen LogP contribution in [0.15, 0.2) is 73.9 Å². The zero-order chi connectivity index (χ0) is 21.6. The molecule has 0 saturated carbocycles. The number of carbonyl (C=O) groups excluding carboxylic acids is 1. The number of benzene rings is 2. The SMILES string of the molecule is Cc1ccc(N=Nc2cc(C)ccc2NC(=O)CCc2nnc(-c3ccsc3)o2)cc1. The Labute approximate surface area is 183 Å². The zero-order valence-corrected chi connectivity index (χ0v) is 18.0. The number of rotatable bonds is 7. The van der Waals surface area contributed by atoms with E-state index in [2.05, 4.69) is 25.7 Å². The number of aromatic nitrogens is 2. The fourth-order valence-electron chi connectivity index (χ4n) is 2.84. The second-order valence-corrected chi connectivity index (χ2v) is 7.90. The van der Waals surface area contributed by atoms with Gasteiger partial charge in [0.05, 0.1) is 11.4 Å². The molecule has 31 heavy (non-hydrogen) atoms. The van der Waals surface area contributed by atoms with Crippen molar-refractivity contribution < 1.29 is 9.21 Å². The molecule has 4 rings (SSSR count). The van der Waals surface area contributed by atoms with Crippen LogP contribution in [0.4, 0.5) is 17.1 Å². The Morgan fingerprint density at radius 3 is 2.61 bits per heavy atom. The van der Waals surface area contributed by atoms with Crippen molar-refractivity contribution in [2.24, 2.45) is 10.2 Å². The summed E-state index contributed by atoms with van der Waals surface area (Å²) >= 11 is 1.56.